The van der Waals surface area contributed by atoms with Crippen molar-refractivity contribution in [1.29, 1.82) is 0 Å². The van der Waals surface area contributed by atoms with Crippen LogP contribution in [0.25, 0.3) is 0 Å². The number of para-hydroxylation sites is 1. The van der Waals surface area contributed by atoms with E-state index < -0.39 is 15.7 Å². The minimum atomic E-state index is -3.62. The third-order valence-electron chi connectivity index (χ3n) is 3.03. The lowest BCUT2D eigenvalue weighted by Crippen LogP contribution is -2.34. The van der Waals surface area contributed by atoms with Crippen LogP contribution in [0, 0.1) is 5.41 Å². The molecule has 5 nitrogen and oxygen atoms in total. The molecule has 0 atom stereocenters. The molecule has 1 aromatic carbocycles. The molecule has 1 aromatic rings. The number of hydrogen-bond acceptors (Lipinski definition) is 5. The quantitative estimate of drug-likeness (QED) is 0.472. The van der Waals surface area contributed by atoms with E-state index in [0.717, 1.165) is 5.75 Å². The first kappa shape index (κ1) is 20.9. The molecule has 0 fully saturated rings. The largest absolute Gasteiger partial charge is 0.491 e. The molecule has 0 aliphatic carbocycles. The highest BCUT2D eigenvalue weighted by molar-refractivity contribution is 7.86. The fourth-order valence-electron chi connectivity index (χ4n) is 2.69. The van der Waals surface area contributed by atoms with Crippen molar-refractivity contribution in [1.82, 2.24) is 0 Å². The zero-order valence-corrected chi connectivity index (χ0v) is 16.2. The summed E-state index contributed by atoms with van der Waals surface area (Å²) in [7, 11) is -3.62. The number of ether oxygens (including phenoxy) is 2. The molecule has 0 unspecified atom stereocenters. The van der Waals surface area contributed by atoms with E-state index >= 15 is 0 Å². The first-order valence-electron chi connectivity index (χ1n) is 8.18. The highest BCUT2D eigenvalue weighted by Crippen LogP contribution is 2.30. The van der Waals surface area contributed by atoms with Crippen LogP contribution in [0.5, 0.6) is 5.75 Å². The Labute approximate surface area is 146 Å². The summed E-state index contributed by atoms with van der Waals surface area (Å²) in [5.74, 6) is 0.604. The van der Waals surface area contributed by atoms with E-state index in [1.807, 2.05) is 30.3 Å². The lowest BCUT2D eigenvalue weighted by Gasteiger charge is -2.31. The SMILES string of the molecule is CC(C)(C)CC(C)(C)OS(=O)(=O)CCOCCOc1ccccc1. The summed E-state index contributed by atoms with van der Waals surface area (Å²) in [5, 5.41) is 0. The second-order valence-corrected chi connectivity index (χ2v) is 9.31. The molecule has 0 aliphatic heterocycles. The van der Waals surface area contributed by atoms with Gasteiger partial charge in [0.1, 0.15) is 12.4 Å². The standard InChI is InChI=1S/C18H30O5S/c1-17(2,3)15-18(4,5)23-24(19,20)14-13-21-11-12-22-16-9-7-6-8-10-16/h6-10H,11-15H2,1-5H3. The molecule has 6 heteroatoms. The van der Waals surface area contributed by atoms with Gasteiger partial charge in [-0.3, -0.25) is 4.18 Å². The van der Waals surface area contributed by atoms with Crippen molar-refractivity contribution in [3.63, 3.8) is 0 Å². The minimum absolute atomic E-state index is 0.00963. The second-order valence-electron chi connectivity index (χ2n) is 7.62. The molecule has 0 N–H and O–H groups in total. The Bertz CT molecular complexity index is 573. The molecule has 0 aliphatic rings. The van der Waals surface area contributed by atoms with E-state index in [1.54, 1.807) is 13.8 Å². The first-order valence-corrected chi connectivity index (χ1v) is 9.76. The smallest absolute Gasteiger partial charge is 0.270 e. The topological polar surface area (TPSA) is 61.8 Å². The summed E-state index contributed by atoms with van der Waals surface area (Å²) in [6.07, 6.45) is 0.644. The Balaban J connectivity index is 2.25. The third-order valence-corrected chi connectivity index (χ3v) is 4.40. The Morgan fingerprint density at radius 1 is 0.917 bits per heavy atom. The summed E-state index contributed by atoms with van der Waals surface area (Å²) in [6.45, 7) is 10.6. The van der Waals surface area contributed by atoms with Crippen LogP contribution in [0.3, 0.4) is 0 Å². The van der Waals surface area contributed by atoms with Crippen molar-refractivity contribution in [3.05, 3.63) is 30.3 Å². The number of hydrogen-bond donors (Lipinski definition) is 0. The van der Waals surface area contributed by atoms with Crippen LogP contribution in [0.15, 0.2) is 30.3 Å². The van der Waals surface area contributed by atoms with Gasteiger partial charge in [-0.15, -0.1) is 0 Å². The van der Waals surface area contributed by atoms with Crippen molar-refractivity contribution in [2.24, 2.45) is 5.41 Å². The minimum Gasteiger partial charge on any atom is -0.491 e. The van der Waals surface area contributed by atoms with Gasteiger partial charge in [0.15, 0.2) is 0 Å². The summed E-state index contributed by atoms with van der Waals surface area (Å²) < 4.78 is 40.2. The fraction of sp³-hybridized carbons (Fsp3) is 0.667. The van der Waals surface area contributed by atoms with Crippen LogP contribution < -0.4 is 4.74 Å². The molecule has 138 valence electrons. The zero-order valence-electron chi connectivity index (χ0n) is 15.4. The molecule has 0 saturated heterocycles. The van der Waals surface area contributed by atoms with E-state index in [0.29, 0.717) is 19.6 Å². The van der Waals surface area contributed by atoms with E-state index in [-0.39, 0.29) is 17.8 Å². The van der Waals surface area contributed by atoms with Gasteiger partial charge in [0, 0.05) is 0 Å². The van der Waals surface area contributed by atoms with Crippen molar-refractivity contribution in [2.45, 2.75) is 46.6 Å². The molecular formula is C18H30O5S. The van der Waals surface area contributed by atoms with Gasteiger partial charge in [0.2, 0.25) is 0 Å². The Morgan fingerprint density at radius 2 is 1.54 bits per heavy atom. The number of rotatable bonds is 10. The van der Waals surface area contributed by atoms with Crippen molar-refractivity contribution < 1.29 is 22.1 Å². The van der Waals surface area contributed by atoms with Gasteiger partial charge < -0.3 is 9.47 Å². The number of benzene rings is 1. The molecule has 0 saturated carbocycles. The second kappa shape index (κ2) is 8.83. The molecule has 24 heavy (non-hydrogen) atoms. The van der Waals surface area contributed by atoms with E-state index in [9.17, 15) is 8.42 Å². The van der Waals surface area contributed by atoms with Crippen LogP contribution in [0.4, 0.5) is 0 Å². The molecule has 0 heterocycles. The van der Waals surface area contributed by atoms with E-state index in [4.69, 9.17) is 13.7 Å². The van der Waals surface area contributed by atoms with Crippen LogP contribution in [0.2, 0.25) is 0 Å². The third kappa shape index (κ3) is 9.90. The molecule has 0 bridgehead atoms. The van der Waals surface area contributed by atoms with Crippen LogP contribution >= 0.6 is 0 Å². The lowest BCUT2D eigenvalue weighted by atomic mass is 9.84. The van der Waals surface area contributed by atoms with Gasteiger partial charge >= 0.3 is 0 Å². The fourth-order valence-corrected chi connectivity index (χ4v) is 3.84. The molecular weight excluding hydrogens is 328 g/mol. The summed E-state index contributed by atoms with van der Waals surface area (Å²) >= 11 is 0. The Kier molecular flexibility index (Phi) is 7.70. The predicted octanol–water partition coefficient (Wildman–Crippen LogP) is 3.64. The maximum atomic E-state index is 12.1. The lowest BCUT2D eigenvalue weighted by molar-refractivity contribution is 0.0658. The first-order chi connectivity index (χ1) is 11.0. The molecule has 1 rings (SSSR count). The van der Waals surface area contributed by atoms with Gasteiger partial charge in [-0.25, -0.2) is 0 Å². The monoisotopic (exact) mass is 358 g/mol. The van der Waals surface area contributed by atoms with Crippen LogP contribution in [-0.2, 0) is 19.0 Å². The highest BCUT2D eigenvalue weighted by Gasteiger charge is 2.31. The van der Waals surface area contributed by atoms with Gasteiger partial charge in [-0.2, -0.15) is 8.42 Å². The Morgan fingerprint density at radius 3 is 2.12 bits per heavy atom. The van der Waals surface area contributed by atoms with Crippen molar-refractivity contribution in [2.75, 3.05) is 25.6 Å². The molecule has 0 radical (unpaired) electrons. The van der Waals surface area contributed by atoms with E-state index in [2.05, 4.69) is 20.8 Å². The predicted molar refractivity (Wildman–Crippen MR) is 95.8 cm³/mol. The average molecular weight is 359 g/mol. The maximum absolute atomic E-state index is 12.1. The average Bonchev–Trinajstić information content (AvgIpc) is 2.39. The zero-order chi connectivity index (χ0) is 18.3. The van der Waals surface area contributed by atoms with E-state index in [1.165, 1.54) is 0 Å². The van der Waals surface area contributed by atoms with Crippen LogP contribution in [0.1, 0.15) is 41.0 Å². The van der Waals surface area contributed by atoms with Gasteiger partial charge in [-0.05, 0) is 37.8 Å². The summed E-state index contributed by atoms with van der Waals surface area (Å²) in [5.41, 5.74) is -0.738. The van der Waals surface area contributed by atoms with Crippen LogP contribution in [-0.4, -0.2) is 39.6 Å². The van der Waals surface area contributed by atoms with Crippen molar-refractivity contribution >= 4 is 10.1 Å². The Hall–Kier alpha value is -1.11. The molecule has 0 amide bonds. The van der Waals surface area contributed by atoms with Gasteiger partial charge in [0.25, 0.3) is 10.1 Å². The summed E-state index contributed by atoms with van der Waals surface area (Å²) in [6, 6.07) is 9.40. The van der Waals surface area contributed by atoms with Crippen molar-refractivity contribution in [3.8, 4) is 5.75 Å². The molecule has 0 spiro atoms. The molecule has 0 aromatic heterocycles. The summed E-state index contributed by atoms with van der Waals surface area (Å²) in [4.78, 5) is 0. The van der Waals surface area contributed by atoms with Gasteiger partial charge in [-0.1, -0.05) is 39.0 Å². The highest BCUT2D eigenvalue weighted by atomic mass is 32.2. The normalized spacial score (nSPS) is 13.0. The van der Waals surface area contributed by atoms with Gasteiger partial charge in [0.05, 0.1) is 24.6 Å². The maximum Gasteiger partial charge on any atom is 0.270 e.